The summed E-state index contributed by atoms with van der Waals surface area (Å²) in [5.41, 5.74) is 2.51. The quantitative estimate of drug-likeness (QED) is 0.560. The van der Waals surface area contributed by atoms with E-state index in [9.17, 15) is 9.59 Å². The fourth-order valence-corrected chi connectivity index (χ4v) is 2.52. The first kappa shape index (κ1) is 20.6. The lowest BCUT2D eigenvalue weighted by Crippen LogP contribution is -2.30. The number of hydrogen-bond acceptors (Lipinski definition) is 4. The van der Waals surface area contributed by atoms with Gasteiger partial charge in [-0.25, -0.2) is 5.10 Å². The molecule has 1 amide bonds. The van der Waals surface area contributed by atoms with E-state index in [-0.39, 0.29) is 24.2 Å². The molecule has 138 valence electrons. The molecule has 1 aromatic heterocycles. The molecule has 0 aliphatic heterocycles. The molecule has 0 saturated heterocycles. The summed E-state index contributed by atoms with van der Waals surface area (Å²) in [6.07, 6.45) is 8.13. The molecule has 2 unspecified atom stereocenters. The zero-order valence-electron chi connectivity index (χ0n) is 15.4. The summed E-state index contributed by atoms with van der Waals surface area (Å²) >= 11 is 0. The molecule has 7 heteroatoms. The largest absolute Gasteiger partial charge is 0.481 e. The topological polar surface area (TPSA) is 108 Å². The number of carbonyl (C=O) groups excluding carboxylic acids is 1. The lowest BCUT2D eigenvalue weighted by molar-refractivity contribution is -0.140. The third kappa shape index (κ3) is 7.78. The van der Waals surface area contributed by atoms with Gasteiger partial charge in [-0.15, -0.1) is 0 Å². The van der Waals surface area contributed by atoms with Gasteiger partial charge in [0.15, 0.2) is 0 Å². The fourth-order valence-electron chi connectivity index (χ4n) is 2.52. The average Bonchev–Trinajstić information content (AvgIpc) is 3.04. The van der Waals surface area contributed by atoms with E-state index < -0.39 is 11.9 Å². The van der Waals surface area contributed by atoms with E-state index in [0.29, 0.717) is 0 Å². The number of H-pyrrole nitrogens is 1. The van der Waals surface area contributed by atoms with Gasteiger partial charge in [0.1, 0.15) is 6.33 Å². The molecule has 0 fully saturated rings. The predicted octanol–water partition coefficient (Wildman–Crippen LogP) is 3.55. The van der Waals surface area contributed by atoms with Gasteiger partial charge in [-0.1, -0.05) is 37.1 Å². The lowest BCUT2D eigenvalue weighted by atomic mass is 9.88. The van der Waals surface area contributed by atoms with E-state index >= 15 is 0 Å². The number of aromatic amines is 1. The van der Waals surface area contributed by atoms with E-state index in [0.717, 1.165) is 24.8 Å². The molecule has 0 saturated carbocycles. The summed E-state index contributed by atoms with van der Waals surface area (Å²) in [5.74, 6) is -2.04. The molecule has 0 radical (unpaired) electrons. The minimum Gasteiger partial charge on any atom is -0.481 e. The normalized spacial score (nSPS) is 14.9. The molecule has 1 rings (SSSR count). The number of carbonyl (C=O) groups is 2. The molecule has 0 aliphatic rings. The van der Waals surface area contributed by atoms with Gasteiger partial charge >= 0.3 is 5.97 Å². The summed E-state index contributed by atoms with van der Waals surface area (Å²) in [7, 11) is 0. The van der Waals surface area contributed by atoms with Crippen LogP contribution in [0.3, 0.4) is 0 Å². The predicted molar refractivity (Wildman–Crippen MR) is 97.0 cm³/mol. The Morgan fingerprint density at radius 2 is 2.08 bits per heavy atom. The third-order valence-corrected chi connectivity index (χ3v) is 4.16. The molecule has 1 aromatic rings. The number of hydrogen-bond donors (Lipinski definition) is 3. The molecular weight excluding hydrogens is 320 g/mol. The number of carboxylic acids is 1. The second-order valence-corrected chi connectivity index (χ2v) is 6.34. The van der Waals surface area contributed by atoms with Gasteiger partial charge in [-0.3, -0.25) is 14.9 Å². The number of aliphatic carboxylic acids is 1. The molecule has 0 spiro atoms. The van der Waals surface area contributed by atoms with Crippen molar-refractivity contribution in [3.8, 4) is 0 Å². The number of anilines is 1. The van der Waals surface area contributed by atoms with Gasteiger partial charge in [0.2, 0.25) is 11.9 Å². The standard InChI is InChI=1S/C18H28N4O3/c1-5-12(2)7-6-8-13(3)9-14(4)15(10-16(23)24)17(25)21-18-19-11-20-22-18/h7,9,11,14-15H,5-6,8,10H2,1-4H3,(H,23,24)(H2,19,20,21,22,25)/b12-7-,13-9-. The number of nitrogens with one attached hydrogen (secondary N) is 2. The van der Waals surface area contributed by atoms with Gasteiger partial charge < -0.3 is 5.11 Å². The van der Waals surface area contributed by atoms with Crippen LogP contribution in [0.25, 0.3) is 0 Å². The fraction of sp³-hybridized carbons (Fsp3) is 0.556. The molecule has 7 nitrogen and oxygen atoms in total. The Balaban J connectivity index is 2.74. The molecule has 2 atom stereocenters. The summed E-state index contributed by atoms with van der Waals surface area (Å²) in [4.78, 5) is 27.4. The Labute approximate surface area is 148 Å². The maximum atomic E-state index is 12.4. The van der Waals surface area contributed by atoms with Crippen molar-refractivity contribution >= 4 is 17.8 Å². The molecule has 3 N–H and O–H groups in total. The lowest BCUT2D eigenvalue weighted by Gasteiger charge is -2.19. The Morgan fingerprint density at radius 1 is 1.36 bits per heavy atom. The van der Waals surface area contributed by atoms with Crippen LogP contribution in [0.2, 0.25) is 0 Å². The van der Waals surface area contributed by atoms with E-state index in [2.05, 4.69) is 40.4 Å². The van der Waals surface area contributed by atoms with Crippen molar-refractivity contribution in [1.82, 2.24) is 15.2 Å². The highest BCUT2D eigenvalue weighted by molar-refractivity contribution is 5.93. The second kappa shape index (κ2) is 10.4. The van der Waals surface area contributed by atoms with Crippen molar-refractivity contribution in [2.45, 2.75) is 53.4 Å². The van der Waals surface area contributed by atoms with Crippen LogP contribution in [0.5, 0.6) is 0 Å². The number of aromatic nitrogens is 3. The maximum Gasteiger partial charge on any atom is 0.304 e. The van der Waals surface area contributed by atoms with Crippen LogP contribution in [-0.2, 0) is 9.59 Å². The first-order chi connectivity index (χ1) is 11.8. The zero-order valence-corrected chi connectivity index (χ0v) is 15.4. The van der Waals surface area contributed by atoms with Gasteiger partial charge in [-0.05, 0) is 39.0 Å². The van der Waals surface area contributed by atoms with Crippen LogP contribution in [0.1, 0.15) is 53.4 Å². The van der Waals surface area contributed by atoms with Crippen LogP contribution in [-0.4, -0.2) is 32.2 Å². The zero-order chi connectivity index (χ0) is 18.8. The monoisotopic (exact) mass is 348 g/mol. The van der Waals surface area contributed by atoms with E-state index in [4.69, 9.17) is 5.11 Å². The van der Waals surface area contributed by atoms with Gasteiger partial charge in [-0.2, -0.15) is 10.1 Å². The van der Waals surface area contributed by atoms with E-state index in [1.165, 1.54) is 11.9 Å². The van der Waals surface area contributed by atoms with Crippen LogP contribution < -0.4 is 5.32 Å². The van der Waals surface area contributed by atoms with Crippen molar-refractivity contribution in [2.75, 3.05) is 5.32 Å². The van der Waals surface area contributed by atoms with Gasteiger partial charge in [0, 0.05) is 0 Å². The molecule has 25 heavy (non-hydrogen) atoms. The van der Waals surface area contributed by atoms with Crippen molar-refractivity contribution in [3.05, 3.63) is 29.6 Å². The van der Waals surface area contributed by atoms with Crippen molar-refractivity contribution < 1.29 is 14.7 Å². The molecule has 0 aliphatic carbocycles. The Morgan fingerprint density at radius 3 is 2.64 bits per heavy atom. The molecular formula is C18H28N4O3. The van der Waals surface area contributed by atoms with Crippen LogP contribution >= 0.6 is 0 Å². The summed E-state index contributed by atoms with van der Waals surface area (Å²) in [6, 6.07) is 0. The van der Waals surface area contributed by atoms with Gasteiger partial charge in [0.25, 0.3) is 0 Å². The van der Waals surface area contributed by atoms with Crippen molar-refractivity contribution in [1.29, 1.82) is 0 Å². The van der Waals surface area contributed by atoms with E-state index in [1.54, 1.807) is 0 Å². The first-order valence-corrected chi connectivity index (χ1v) is 8.54. The molecule has 0 aromatic carbocycles. The molecule has 0 bridgehead atoms. The number of nitrogens with zero attached hydrogens (tertiary/aromatic N) is 2. The number of carboxylic acid groups (broad SMARTS) is 1. The van der Waals surface area contributed by atoms with Crippen molar-refractivity contribution in [2.24, 2.45) is 11.8 Å². The summed E-state index contributed by atoms with van der Waals surface area (Å²) in [5, 5.41) is 17.9. The average molecular weight is 348 g/mol. The van der Waals surface area contributed by atoms with Crippen molar-refractivity contribution in [3.63, 3.8) is 0 Å². The minimum absolute atomic E-state index is 0.199. The van der Waals surface area contributed by atoms with Crippen LogP contribution in [0.15, 0.2) is 29.6 Å². The highest BCUT2D eigenvalue weighted by Gasteiger charge is 2.27. The van der Waals surface area contributed by atoms with Crippen LogP contribution in [0.4, 0.5) is 5.95 Å². The van der Waals surface area contributed by atoms with E-state index in [1.807, 2.05) is 19.9 Å². The second-order valence-electron chi connectivity index (χ2n) is 6.34. The number of allylic oxidation sites excluding steroid dienone is 4. The maximum absolute atomic E-state index is 12.4. The highest BCUT2D eigenvalue weighted by Crippen LogP contribution is 2.22. The Kier molecular flexibility index (Phi) is 8.60. The van der Waals surface area contributed by atoms with Gasteiger partial charge in [0.05, 0.1) is 12.3 Å². The SMILES string of the molecule is CC/C(C)=C\CC/C(C)=C\C(C)C(CC(=O)O)C(=O)Nc1ncn[nH]1. The summed E-state index contributed by atoms with van der Waals surface area (Å²) in [6.45, 7) is 8.11. The third-order valence-electron chi connectivity index (χ3n) is 4.16. The number of rotatable bonds is 10. The minimum atomic E-state index is -1.00. The Bertz CT molecular complexity index is 620. The highest BCUT2D eigenvalue weighted by atomic mass is 16.4. The summed E-state index contributed by atoms with van der Waals surface area (Å²) < 4.78 is 0. The first-order valence-electron chi connectivity index (χ1n) is 8.54. The number of amides is 1. The Hall–Kier alpha value is -2.44. The smallest absolute Gasteiger partial charge is 0.304 e. The van der Waals surface area contributed by atoms with Crippen LogP contribution in [0, 0.1) is 11.8 Å². The molecule has 1 heterocycles.